The number of hydrogen-bond acceptors (Lipinski definition) is 2. The highest BCUT2D eigenvalue weighted by molar-refractivity contribution is 6.14. The first kappa shape index (κ1) is 30.1. The number of aromatic nitrogens is 1. The zero-order chi connectivity index (χ0) is 33.0. The largest absolute Gasteiger partial charge is 0.261 e. The minimum atomic E-state index is 0.445. The highest BCUT2D eigenvalue weighted by atomic mass is 15.0. The van der Waals surface area contributed by atoms with Crippen molar-refractivity contribution in [2.45, 2.75) is 19.4 Å². The number of amidine groups is 2. The summed E-state index contributed by atoms with van der Waals surface area (Å²) >= 11 is 0. The molecule has 0 radical (unpaired) electrons. The maximum absolute atomic E-state index is 5.22. The average molecular weight is 631 g/mol. The molecule has 0 aliphatic heterocycles. The van der Waals surface area contributed by atoms with Gasteiger partial charge in [0, 0.05) is 16.5 Å². The maximum atomic E-state index is 5.22. The van der Waals surface area contributed by atoms with E-state index in [-0.39, 0.29) is 0 Å². The van der Waals surface area contributed by atoms with Crippen LogP contribution in [0.4, 0.5) is 0 Å². The van der Waals surface area contributed by atoms with Gasteiger partial charge in [0.25, 0.3) is 0 Å². The minimum Gasteiger partial charge on any atom is -0.261 e. The number of pyridine rings is 1. The summed E-state index contributed by atoms with van der Waals surface area (Å²) in [6, 6.07) is 48.6. The lowest BCUT2D eigenvalue weighted by molar-refractivity contribution is 1.04. The number of allylic oxidation sites excluding steroid dienone is 4. The molecule has 49 heavy (non-hydrogen) atoms. The number of nitrogens with zero attached hydrogens (tertiary/aromatic N) is 4. The van der Waals surface area contributed by atoms with Gasteiger partial charge in [0.15, 0.2) is 11.7 Å². The third kappa shape index (κ3) is 6.37. The van der Waals surface area contributed by atoms with E-state index in [1.807, 2.05) is 18.2 Å². The number of benzene rings is 6. The summed E-state index contributed by atoms with van der Waals surface area (Å²) < 4.78 is 0. The summed E-state index contributed by atoms with van der Waals surface area (Å²) in [5, 5.41) is 5.70. The molecule has 6 aromatic carbocycles. The number of rotatable bonds is 6. The van der Waals surface area contributed by atoms with Crippen LogP contribution >= 0.6 is 0 Å². The predicted octanol–water partition coefficient (Wildman–Crippen LogP) is 11.0. The topological polar surface area (TPSA) is 50.0 Å². The van der Waals surface area contributed by atoms with E-state index in [2.05, 4.69) is 151 Å². The van der Waals surface area contributed by atoms with Gasteiger partial charge in [-0.2, -0.15) is 0 Å². The lowest BCUT2D eigenvalue weighted by atomic mass is 9.95. The molecule has 1 aromatic heterocycles. The first-order chi connectivity index (χ1) is 24.2. The van der Waals surface area contributed by atoms with E-state index in [0.29, 0.717) is 18.2 Å². The molecule has 8 rings (SSSR count). The van der Waals surface area contributed by atoms with Crippen LogP contribution in [0, 0.1) is 0 Å². The molecule has 0 spiro atoms. The number of fused-ring (bicyclic) bond motifs is 3. The summed E-state index contributed by atoms with van der Waals surface area (Å²) in [6.07, 6.45) is 8.52. The van der Waals surface area contributed by atoms with Crippen LogP contribution in [0.15, 0.2) is 173 Å². The second kappa shape index (κ2) is 13.5. The van der Waals surface area contributed by atoms with Crippen LogP contribution in [0.2, 0.25) is 0 Å². The Morgan fingerprint density at radius 1 is 0.633 bits per heavy atom. The fourth-order valence-electron chi connectivity index (χ4n) is 6.54. The van der Waals surface area contributed by atoms with E-state index in [4.69, 9.17) is 15.0 Å². The molecule has 7 aromatic rings. The summed E-state index contributed by atoms with van der Waals surface area (Å²) in [6.45, 7) is 4.38. The molecule has 0 saturated heterocycles. The van der Waals surface area contributed by atoms with Gasteiger partial charge in [0.05, 0.1) is 17.8 Å². The van der Waals surface area contributed by atoms with Crippen LogP contribution in [-0.2, 0) is 6.54 Å². The predicted molar refractivity (Wildman–Crippen MR) is 208 cm³/mol. The standard InChI is InChI=1S/C45H34N4/c1-46-44(38-23-25-43-37(28-38)22-24-42(48-43)33-15-6-3-7-16-33)49-45(39-21-20-31-12-8-9-17-34(31)26-39)47-30-40-27-35-18-10-11-19-36(35)29-41(40)32-13-4-2-5-14-32/h2-6,8-15,17-29H,1,7,16,30H2. The highest BCUT2D eigenvalue weighted by Crippen LogP contribution is 2.30. The molecule has 4 heteroatoms. The molecule has 1 heterocycles. The van der Waals surface area contributed by atoms with Crippen molar-refractivity contribution in [2.75, 3.05) is 0 Å². The molecule has 0 bridgehead atoms. The zero-order valence-electron chi connectivity index (χ0n) is 27.1. The van der Waals surface area contributed by atoms with Gasteiger partial charge in [0.1, 0.15) is 0 Å². The van der Waals surface area contributed by atoms with E-state index in [9.17, 15) is 0 Å². The zero-order valence-corrected chi connectivity index (χ0v) is 27.1. The quantitative estimate of drug-likeness (QED) is 0.133. The van der Waals surface area contributed by atoms with Gasteiger partial charge >= 0.3 is 0 Å². The van der Waals surface area contributed by atoms with Crippen LogP contribution in [0.3, 0.4) is 0 Å². The van der Waals surface area contributed by atoms with E-state index < -0.39 is 0 Å². The molecular formula is C45H34N4. The van der Waals surface area contributed by atoms with Crippen molar-refractivity contribution in [3.05, 3.63) is 180 Å². The number of aliphatic imine (C=N–C) groups is 3. The lowest BCUT2D eigenvalue weighted by Gasteiger charge is -2.12. The van der Waals surface area contributed by atoms with Gasteiger partial charge < -0.3 is 0 Å². The Bertz CT molecular complexity index is 2480. The van der Waals surface area contributed by atoms with E-state index in [0.717, 1.165) is 62.6 Å². The maximum Gasteiger partial charge on any atom is 0.161 e. The fraction of sp³-hybridized carbons (Fsp3) is 0.0667. The van der Waals surface area contributed by atoms with Crippen molar-refractivity contribution in [2.24, 2.45) is 15.0 Å². The molecule has 1 aliphatic carbocycles. The fourth-order valence-corrected chi connectivity index (χ4v) is 6.54. The second-order valence-electron chi connectivity index (χ2n) is 12.3. The molecule has 0 unspecified atom stereocenters. The summed E-state index contributed by atoms with van der Waals surface area (Å²) in [7, 11) is 0. The molecule has 234 valence electrons. The van der Waals surface area contributed by atoms with Gasteiger partial charge in [-0.15, -0.1) is 0 Å². The summed E-state index contributed by atoms with van der Waals surface area (Å²) in [5.74, 6) is 1.12. The van der Waals surface area contributed by atoms with Crippen molar-refractivity contribution in [1.29, 1.82) is 0 Å². The van der Waals surface area contributed by atoms with Crippen molar-refractivity contribution in [3.8, 4) is 11.1 Å². The van der Waals surface area contributed by atoms with E-state index >= 15 is 0 Å². The lowest BCUT2D eigenvalue weighted by Crippen LogP contribution is -2.06. The molecule has 0 fully saturated rings. The highest BCUT2D eigenvalue weighted by Gasteiger charge is 2.13. The van der Waals surface area contributed by atoms with Crippen LogP contribution in [0.1, 0.15) is 35.2 Å². The SMILES string of the molecule is C=NC(=NC(=NCc1cc2ccccc2cc1-c1ccccc1)c1ccc2ccccc2c1)c1ccc2nc(C3=CC=CCC3)ccc2c1. The molecule has 0 N–H and O–H groups in total. The van der Waals surface area contributed by atoms with E-state index in [1.54, 1.807) is 0 Å². The molecule has 1 aliphatic rings. The third-order valence-corrected chi connectivity index (χ3v) is 9.11. The van der Waals surface area contributed by atoms with Crippen LogP contribution in [-0.4, -0.2) is 23.4 Å². The van der Waals surface area contributed by atoms with Crippen LogP contribution < -0.4 is 0 Å². The van der Waals surface area contributed by atoms with Gasteiger partial charge in [-0.25, -0.2) is 15.0 Å². The Morgan fingerprint density at radius 2 is 1.31 bits per heavy atom. The van der Waals surface area contributed by atoms with Crippen molar-refractivity contribution < 1.29 is 0 Å². The van der Waals surface area contributed by atoms with Gasteiger partial charge in [-0.05, 0) is 106 Å². The van der Waals surface area contributed by atoms with E-state index in [1.165, 1.54) is 21.7 Å². The van der Waals surface area contributed by atoms with Crippen molar-refractivity contribution in [1.82, 2.24) is 4.98 Å². The monoisotopic (exact) mass is 630 g/mol. The third-order valence-electron chi connectivity index (χ3n) is 9.11. The Hall–Kier alpha value is -6.26. The molecule has 0 atom stereocenters. The Kier molecular flexibility index (Phi) is 8.27. The normalized spacial score (nSPS) is 13.6. The average Bonchev–Trinajstić information content (AvgIpc) is 3.17. The van der Waals surface area contributed by atoms with Gasteiger partial charge in [0.2, 0.25) is 0 Å². The number of hydrogen-bond donors (Lipinski definition) is 0. The van der Waals surface area contributed by atoms with Crippen molar-refractivity contribution in [3.63, 3.8) is 0 Å². The molecule has 0 amide bonds. The first-order valence-electron chi connectivity index (χ1n) is 16.7. The Labute approximate surface area is 286 Å². The Balaban J connectivity index is 1.23. The van der Waals surface area contributed by atoms with Crippen LogP contribution in [0.25, 0.3) is 49.1 Å². The van der Waals surface area contributed by atoms with Crippen molar-refractivity contribution >= 4 is 56.4 Å². The van der Waals surface area contributed by atoms with Crippen LogP contribution in [0.5, 0.6) is 0 Å². The molecular weight excluding hydrogens is 597 g/mol. The smallest absolute Gasteiger partial charge is 0.161 e. The molecule has 4 nitrogen and oxygen atoms in total. The minimum absolute atomic E-state index is 0.445. The summed E-state index contributed by atoms with van der Waals surface area (Å²) in [4.78, 5) is 19.7. The van der Waals surface area contributed by atoms with Gasteiger partial charge in [-0.1, -0.05) is 115 Å². The first-order valence-corrected chi connectivity index (χ1v) is 16.7. The van der Waals surface area contributed by atoms with Gasteiger partial charge in [-0.3, -0.25) is 4.99 Å². The molecule has 0 saturated carbocycles. The Morgan fingerprint density at radius 3 is 2.08 bits per heavy atom. The summed E-state index contributed by atoms with van der Waals surface area (Å²) in [5.41, 5.74) is 8.46. The second-order valence-corrected chi connectivity index (χ2v) is 12.3.